The molecule has 5 rings (SSSR count). The molecule has 2 aromatic rings. The first-order chi connectivity index (χ1) is 18.0. The molecule has 4 nitrogen and oxygen atoms in total. The van der Waals surface area contributed by atoms with Crippen LogP contribution in [0.25, 0.3) is 10.8 Å². The van der Waals surface area contributed by atoms with Crippen LogP contribution in [0.1, 0.15) is 62.5 Å². The molecule has 2 saturated heterocycles. The summed E-state index contributed by atoms with van der Waals surface area (Å²) in [6.07, 6.45) is -6.65. The van der Waals surface area contributed by atoms with E-state index in [-0.39, 0.29) is 60.8 Å². The van der Waals surface area contributed by atoms with E-state index < -0.39 is 29.9 Å². The zero-order valence-corrected chi connectivity index (χ0v) is 21.1. The van der Waals surface area contributed by atoms with Gasteiger partial charge in [-0.05, 0) is 73.8 Å². The summed E-state index contributed by atoms with van der Waals surface area (Å²) in [6, 6.07) is 8.13. The first-order valence-corrected chi connectivity index (χ1v) is 13.1. The van der Waals surface area contributed by atoms with E-state index in [0.717, 1.165) is 18.4 Å². The highest BCUT2D eigenvalue weighted by atomic mass is 19.4. The van der Waals surface area contributed by atoms with E-state index in [2.05, 4.69) is 4.90 Å². The SMILES string of the molecule is COC(=O)C1CC2CCC(C1)N2Cc1cccc2c(C(F)(F)F)c(O[C@H]3CC[C@@H](C(F)(F)F)CC3)ccc12. The number of nitrogens with zero attached hydrogens (tertiary/aromatic N) is 1. The van der Waals surface area contributed by atoms with Crippen molar-refractivity contribution in [1.29, 1.82) is 0 Å². The van der Waals surface area contributed by atoms with Gasteiger partial charge < -0.3 is 9.47 Å². The van der Waals surface area contributed by atoms with Crippen molar-refractivity contribution >= 4 is 16.7 Å². The lowest BCUT2D eigenvalue weighted by atomic mass is 9.87. The van der Waals surface area contributed by atoms with E-state index in [1.807, 2.05) is 6.07 Å². The highest BCUT2D eigenvalue weighted by molar-refractivity contribution is 5.91. The highest BCUT2D eigenvalue weighted by Gasteiger charge is 2.44. The molecule has 3 fully saturated rings. The van der Waals surface area contributed by atoms with Crippen LogP contribution >= 0.6 is 0 Å². The summed E-state index contributed by atoms with van der Waals surface area (Å²) in [5.41, 5.74) is -0.124. The number of alkyl halides is 6. The normalized spacial score (nSPS) is 28.4. The van der Waals surface area contributed by atoms with Crippen molar-refractivity contribution in [3.8, 4) is 5.75 Å². The van der Waals surface area contributed by atoms with Crippen LogP contribution in [-0.2, 0) is 22.3 Å². The number of hydrogen-bond acceptors (Lipinski definition) is 4. The molecule has 2 unspecified atom stereocenters. The smallest absolute Gasteiger partial charge is 0.420 e. The van der Waals surface area contributed by atoms with Crippen LogP contribution in [0.3, 0.4) is 0 Å². The van der Waals surface area contributed by atoms with Crippen LogP contribution in [0.5, 0.6) is 5.75 Å². The first-order valence-electron chi connectivity index (χ1n) is 13.1. The molecule has 2 aromatic carbocycles. The van der Waals surface area contributed by atoms with Crippen molar-refractivity contribution < 1.29 is 40.6 Å². The highest BCUT2D eigenvalue weighted by Crippen LogP contribution is 2.45. The minimum Gasteiger partial charge on any atom is -0.490 e. The Morgan fingerprint density at radius 3 is 2.13 bits per heavy atom. The number of carbonyl (C=O) groups excluding carboxylic acids is 1. The molecule has 2 aliphatic heterocycles. The van der Waals surface area contributed by atoms with E-state index in [1.165, 1.54) is 19.2 Å². The minimum atomic E-state index is -4.70. The minimum absolute atomic E-state index is 0.0215. The zero-order valence-electron chi connectivity index (χ0n) is 21.1. The molecule has 1 saturated carbocycles. The van der Waals surface area contributed by atoms with Crippen molar-refractivity contribution in [2.24, 2.45) is 11.8 Å². The van der Waals surface area contributed by atoms with Crippen LogP contribution in [0.15, 0.2) is 30.3 Å². The number of fused-ring (bicyclic) bond motifs is 3. The lowest BCUT2D eigenvalue weighted by Gasteiger charge is -2.38. The van der Waals surface area contributed by atoms with Gasteiger partial charge in [0.2, 0.25) is 0 Å². The van der Waals surface area contributed by atoms with Crippen molar-refractivity contribution in [2.75, 3.05) is 7.11 Å². The molecule has 2 bridgehead atoms. The molecular formula is C28H31F6NO3. The van der Waals surface area contributed by atoms with Crippen LogP contribution in [-0.4, -0.2) is 42.3 Å². The van der Waals surface area contributed by atoms with Gasteiger partial charge in [0.1, 0.15) is 11.3 Å². The Hall–Kier alpha value is -2.49. The average Bonchev–Trinajstić information content (AvgIpc) is 3.08. The zero-order chi connectivity index (χ0) is 27.2. The lowest BCUT2D eigenvalue weighted by Crippen LogP contribution is -2.44. The second kappa shape index (κ2) is 10.2. The van der Waals surface area contributed by atoms with Gasteiger partial charge in [-0.25, -0.2) is 0 Å². The molecule has 0 amide bonds. The molecule has 0 N–H and O–H groups in total. The first kappa shape index (κ1) is 27.1. The Morgan fingerprint density at radius 1 is 0.895 bits per heavy atom. The van der Waals surface area contributed by atoms with Gasteiger partial charge in [0.15, 0.2) is 0 Å². The second-order valence-corrected chi connectivity index (χ2v) is 10.8. The fraction of sp³-hybridized carbons (Fsp3) is 0.607. The fourth-order valence-electron chi connectivity index (χ4n) is 6.71. The third kappa shape index (κ3) is 5.33. The summed E-state index contributed by atoms with van der Waals surface area (Å²) in [6.45, 7) is 0.472. The molecule has 2 atom stereocenters. The summed E-state index contributed by atoms with van der Waals surface area (Å²) in [7, 11) is 1.39. The van der Waals surface area contributed by atoms with E-state index in [1.54, 1.807) is 12.1 Å². The van der Waals surface area contributed by atoms with Crippen molar-refractivity contribution in [2.45, 2.75) is 88.5 Å². The monoisotopic (exact) mass is 543 g/mol. The fourth-order valence-corrected chi connectivity index (χ4v) is 6.71. The van der Waals surface area contributed by atoms with Crippen molar-refractivity contribution in [1.82, 2.24) is 4.90 Å². The quantitative estimate of drug-likeness (QED) is 0.294. The average molecular weight is 544 g/mol. The van der Waals surface area contributed by atoms with Crippen LogP contribution in [0.4, 0.5) is 26.3 Å². The van der Waals surface area contributed by atoms with Crippen LogP contribution in [0.2, 0.25) is 0 Å². The molecule has 208 valence electrons. The number of ether oxygens (including phenoxy) is 2. The molecule has 0 spiro atoms. The number of halogens is 6. The van der Waals surface area contributed by atoms with Gasteiger partial charge in [0.25, 0.3) is 0 Å². The maximum absolute atomic E-state index is 14.3. The summed E-state index contributed by atoms with van der Waals surface area (Å²) in [5.74, 6) is -2.13. The second-order valence-electron chi connectivity index (χ2n) is 10.8. The van der Waals surface area contributed by atoms with Crippen molar-refractivity contribution in [3.05, 3.63) is 41.5 Å². The topological polar surface area (TPSA) is 38.8 Å². The largest absolute Gasteiger partial charge is 0.490 e. The maximum atomic E-state index is 14.3. The summed E-state index contributed by atoms with van der Waals surface area (Å²) >= 11 is 0. The number of benzene rings is 2. The summed E-state index contributed by atoms with van der Waals surface area (Å²) in [5, 5.41) is 0.496. The number of methoxy groups -OCH3 is 1. The molecule has 1 aliphatic carbocycles. The number of hydrogen-bond donors (Lipinski definition) is 0. The Morgan fingerprint density at radius 2 is 1.55 bits per heavy atom. The van der Waals surface area contributed by atoms with Gasteiger partial charge in [-0.1, -0.05) is 24.3 Å². The Labute approximate surface area is 217 Å². The molecule has 2 heterocycles. The summed E-state index contributed by atoms with van der Waals surface area (Å²) < 4.78 is 92.7. The molecule has 0 aromatic heterocycles. The maximum Gasteiger partial charge on any atom is 0.420 e. The Bertz CT molecular complexity index is 1160. The molecule has 38 heavy (non-hydrogen) atoms. The number of rotatable bonds is 5. The van der Waals surface area contributed by atoms with Gasteiger partial charge in [-0.15, -0.1) is 0 Å². The lowest BCUT2D eigenvalue weighted by molar-refractivity contribution is -0.185. The molecule has 0 radical (unpaired) electrons. The third-order valence-electron chi connectivity index (χ3n) is 8.60. The molecular weight excluding hydrogens is 512 g/mol. The van der Waals surface area contributed by atoms with Crippen molar-refractivity contribution in [3.63, 3.8) is 0 Å². The van der Waals surface area contributed by atoms with Gasteiger partial charge in [0.05, 0.1) is 25.0 Å². The Kier molecular flexibility index (Phi) is 7.30. The molecule has 3 aliphatic rings. The van der Waals surface area contributed by atoms with Gasteiger partial charge in [0, 0.05) is 18.6 Å². The number of esters is 1. The Balaban J connectivity index is 1.39. The van der Waals surface area contributed by atoms with Gasteiger partial charge in [-0.2, -0.15) is 26.3 Å². The molecule has 10 heteroatoms. The van der Waals surface area contributed by atoms with Gasteiger partial charge in [-0.3, -0.25) is 9.69 Å². The van der Waals surface area contributed by atoms with Gasteiger partial charge >= 0.3 is 18.3 Å². The number of carbonyl (C=O) groups is 1. The number of piperidine rings is 1. The predicted molar refractivity (Wildman–Crippen MR) is 128 cm³/mol. The predicted octanol–water partition coefficient (Wildman–Crippen LogP) is 7.27. The van der Waals surface area contributed by atoms with E-state index in [9.17, 15) is 31.1 Å². The standard InChI is InChI=1S/C28H31F6NO3/c1-37-26(36)17-13-19-7-8-20(14-17)35(19)15-16-3-2-4-23-22(16)11-12-24(25(23)28(32,33)34)38-21-9-5-18(6-10-21)27(29,30)31/h2-4,11-12,17-21H,5-10,13-15H2,1H3/t17?,18-,19?,20?,21+. The van der Waals surface area contributed by atoms with E-state index in [0.29, 0.717) is 24.8 Å². The summed E-state index contributed by atoms with van der Waals surface area (Å²) in [4.78, 5) is 14.4. The van der Waals surface area contributed by atoms with Crippen LogP contribution < -0.4 is 4.74 Å². The van der Waals surface area contributed by atoms with E-state index >= 15 is 0 Å². The van der Waals surface area contributed by atoms with Crippen LogP contribution in [0, 0.1) is 11.8 Å². The van der Waals surface area contributed by atoms with E-state index in [4.69, 9.17) is 9.47 Å². The third-order valence-corrected chi connectivity index (χ3v) is 8.60.